The van der Waals surface area contributed by atoms with Crippen molar-refractivity contribution < 1.29 is 9.90 Å². The highest BCUT2D eigenvalue weighted by Crippen LogP contribution is 2.38. The van der Waals surface area contributed by atoms with Crippen molar-refractivity contribution in [3.05, 3.63) is 12.2 Å². The highest BCUT2D eigenvalue weighted by Gasteiger charge is 2.29. The van der Waals surface area contributed by atoms with E-state index in [2.05, 4.69) is 6.92 Å². The van der Waals surface area contributed by atoms with Gasteiger partial charge in [-0.2, -0.15) is 0 Å². The number of rotatable bonds is 2. The Morgan fingerprint density at radius 3 is 2.67 bits per heavy atom. The lowest BCUT2D eigenvalue weighted by atomic mass is 10.3. The Kier molecular flexibility index (Phi) is 1.56. The van der Waals surface area contributed by atoms with E-state index < -0.39 is 5.97 Å². The van der Waals surface area contributed by atoms with Gasteiger partial charge in [0.25, 0.3) is 0 Å². The molecule has 2 atom stereocenters. The largest absolute Gasteiger partial charge is 0.478 e. The average molecular weight is 126 g/mol. The van der Waals surface area contributed by atoms with Gasteiger partial charge in [0.1, 0.15) is 0 Å². The van der Waals surface area contributed by atoms with E-state index in [1.54, 1.807) is 6.08 Å². The van der Waals surface area contributed by atoms with Crippen molar-refractivity contribution in [3.8, 4) is 0 Å². The Bertz CT molecular complexity index is 149. The average Bonchev–Trinajstić information content (AvgIpc) is 2.42. The summed E-state index contributed by atoms with van der Waals surface area (Å²) in [7, 11) is 0. The summed E-state index contributed by atoms with van der Waals surface area (Å²) in [6.45, 7) is 2.12. The van der Waals surface area contributed by atoms with Crippen LogP contribution in [0.25, 0.3) is 0 Å². The van der Waals surface area contributed by atoms with Gasteiger partial charge in [-0.25, -0.2) is 4.79 Å². The van der Waals surface area contributed by atoms with E-state index in [4.69, 9.17) is 5.11 Å². The number of carboxylic acids is 1. The number of hydrogen-bond acceptors (Lipinski definition) is 1. The maximum absolute atomic E-state index is 9.95. The molecule has 9 heavy (non-hydrogen) atoms. The number of aliphatic carboxylic acids is 1. The lowest BCUT2D eigenvalue weighted by Crippen LogP contribution is -1.86. The van der Waals surface area contributed by atoms with Crippen molar-refractivity contribution in [1.82, 2.24) is 0 Å². The topological polar surface area (TPSA) is 37.3 Å². The third-order valence-electron chi connectivity index (χ3n) is 1.66. The number of allylic oxidation sites excluding steroid dienone is 1. The van der Waals surface area contributed by atoms with Gasteiger partial charge >= 0.3 is 5.97 Å². The maximum atomic E-state index is 9.95. The molecule has 0 aliphatic heterocycles. The number of carbonyl (C=O) groups is 1. The van der Waals surface area contributed by atoms with Crippen LogP contribution in [0.3, 0.4) is 0 Å². The molecule has 2 unspecified atom stereocenters. The van der Waals surface area contributed by atoms with Gasteiger partial charge in [-0.1, -0.05) is 13.0 Å². The highest BCUT2D eigenvalue weighted by atomic mass is 16.4. The third-order valence-corrected chi connectivity index (χ3v) is 1.66. The first kappa shape index (κ1) is 6.33. The van der Waals surface area contributed by atoms with Gasteiger partial charge in [0.2, 0.25) is 0 Å². The third kappa shape index (κ3) is 1.88. The molecular formula is C7H10O2. The molecule has 50 valence electrons. The van der Waals surface area contributed by atoms with Crippen LogP contribution in [0.1, 0.15) is 13.3 Å². The van der Waals surface area contributed by atoms with E-state index in [-0.39, 0.29) is 0 Å². The summed E-state index contributed by atoms with van der Waals surface area (Å²) in [6, 6.07) is 0. The van der Waals surface area contributed by atoms with Crippen molar-refractivity contribution in [2.45, 2.75) is 13.3 Å². The molecule has 2 nitrogen and oxygen atoms in total. The SMILES string of the molecule is CC1CC1/C=C/C(=O)O. The summed E-state index contributed by atoms with van der Waals surface area (Å²) >= 11 is 0. The second-order valence-electron chi connectivity index (χ2n) is 2.57. The Balaban J connectivity index is 2.25. The maximum Gasteiger partial charge on any atom is 0.327 e. The van der Waals surface area contributed by atoms with Crippen molar-refractivity contribution >= 4 is 5.97 Å². The van der Waals surface area contributed by atoms with Crippen molar-refractivity contribution in [3.63, 3.8) is 0 Å². The second-order valence-corrected chi connectivity index (χ2v) is 2.57. The van der Waals surface area contributed by atoms with E-state index in [0.717, 1.165) is 6.42 Å². The summed E-state index contributed by atoms with van der Waals surface area (Å²) in [5.41, 5.74) is 0. The minimum absolute atomic E-state index is 0.543. The Morgan fingerprint density at radius 1 is 1.78 bits per heavy atom. The van der Waals surface area contributed by atoms with Crippen molar-refractivity contribution in [2.24, 2.45) is 11.8 Å². The Morgan fingerprint density at radius 2 is 2.33 bits per heavy atom. The fraction of sp³-hybridized carbons (Fsp3) is 0.571. The first-order chi connectivity index (χ1) is 4.20. The molecule has 0 spiro atoms. The van der Waals surface area contributed by atoms with Crippen LogP contribution in [0, 0.1) is 11.8 Å². The lowest BCUT2D eigenvalue weighted by Gasteiger charge is -1.79. The zero-order valence-corrected chi connectivity index (χ0v) is 5.37. The summed E-state index contributed by atoms with van der Waals surface area (Å²) in [5.74, 6) is 0.413. The van der Waals surface area contributed by atoms with Crippen LogP contribution < -0.4 is 0 Å². The molecule has 1 rings (SSSR count). The summed E-state index contributed by atoms with van der Waals surface area (Å²) in [6.07, 6.45) is 4.16. The molecule has 1 aliphatic carbocycles. The monoisotopic (exact) mass is 126 g/mol. The highest BCUT2D eigenvalue weighted by molar-refractivity contribution is 5.79. The van der Waals surface area contributed by atoms with E-state index >= 15 is 0 Å². The Labute approximate surface area is 54.2 Å². The Hall–Kier alpha value is -0.790. The second kappa shape index (κ2) is 2.21. The zero-order valence-electron chi connectivity index (χ0n) is 5.37. The molecule has 0 bridgehead atoms. The predicted octanol–water partition coefficient (Wildman–Crippen LogP) is 1.28. The molecule has 1 fully saturated rings. The molecule has 0 aromatic carbocycles. The molecule has 1 saturated carbocycles. The van der Waals surface area contributed by atoms with Crippen molar-refractivity contribution in [2.75, 3.05) is 0 Å². The van der Waals surface area contributed by atoms with Crippen LogP contribution in [0.2, 0.25) is 0 Å². The quantitative estimate of drug-likeness (QED) is 0.566. The van der Waals surface area contributed by atoms with Crippen LogP contribution in [0.5, 0.6) is 0 Å². The van der Waals surface area contributed by atoms with Gasteiger partial charge in [-0.3, -0.25) is 0 Å². The molecule has 0 amide bonds. The summed E-state index contributed by atoms with van der Waals surface area (Å²) < 4.78 is 0. The minimum Gasteiger partial charge on any atom is -0.478 e. The molecule has 1 aliphatic rings. The van der Waals surface area contributed by atoms with Crippen LogP contribution in [0.15, 0.2) is 12.2 Å². The molecule has 0 aromatic heterocycles. The molecule has 2 heteroatoms. The van der Waals surface area contributed by atoms with Gasteiger partial charge in [-0.05, 0) is 18.3 Å². The predicted molar refractivity (Wildman–Crippen MR) is 34.0 cm³/mol. The fourth-order valence-corrected chi connectivity index (χ4v) is 0.825. The smallest absolute Gasteiger partial charge is 0.327 e. The van der Waals surface area contributed by atoms with E-state index in [1.165, 1.54) is 6.08 Å². The van der Waals surface area contributed by atoms with E-state index in [9.17, 15) is 4.79 Å². The number of carboxylic acid groups (broad SMARTS) is 1. The number of hydrogen-bond donors (Lipinski definition) is 1. The first-order valence-electron chi connectivity index (χ1n) is 3.11. The molecule has 0 saturated heterocycles. The normalized spacial score (nSPS) is 33.0. The molecular weight excluding hydrogens is 116 g/mol. The molecule has 1 N–H and O–H groups in total. The van der Waals surface area contributed by atoms with Crippen molar-refractivity contribution in [1.29, 1.82) is 0 Å². The minimum atomic E-state index is -0.839. The van der Waals surface area contributed by atoms with Crippen LogP contribution in [-0.4, -0.2) is 11.1 Å². The summed E-state index contributed by atoms with van der Waals surface area (Å²) in [4.78, 5) is 9.95. The van der Waals surface area contributed by atoms with E-state index in [0.29, 0.717) is 11.8 Å². The van der Waals surface area contributed by atoms with Gasteiger partial charge in [0, 0.05) is 6.08 Å². The molecule has 0 aromatic rings. The van der Waals surface area contributed by atoms with Crippen LogP contribution >= 0.6 is 0 Å². The molecule has 0 heterocycles. The van der Waals surface area contributed by atoms with E-state index in [1.807, 2.05) is 0 Å². The van der Waals surface area contributed by atoms with Gasteiger partial charge in [0.15, 0.2) is 0 Å². The van der Waals surface area contributed by atoms with Crippen LogP contribution in [-0.2, 0) is 4.79 Å². The van der Waals surface area contributed by atoms with Gasteiger partial charge in [0.05, 0.1) is 0 Å². The standard InChI is InChI=1S/C7H10O2/c1-5-4-6(5)2-3-7(8)9/h2-3,5-6H,4H2,1H3,(H,8,9)/b3-2+. The fourth-order valence-electron chi connectivity index (χ4n) is 0.825. The first-order valence-corrected chi connectivity index (χ1v) is 3.11. The summed E-state index contributed by atoms with van der Waals surface area (Å²) in [5, 5.41) is 8.19. The molecule has 0 radical (unpaired) electrons. The van der Waals surface area contributed by atoms with Gasteiger partial charge in [-0.15, -0.1) is 0 Å². The van der Waals surface area contributed by atoms with Gasteiger partial charge < -0.3 is 5.11 Å². The lowest BCUT2D eigenvalue weighted by molar-refractivity contribution is -0.131. The van der Waals surface area contributed by atoms with Crippen LogP contribution in [0.4, 0.5) is 0 Å². The zero-order chi connectivity index (χ0) is 6.85.